The van der Waals surface area contributed by atoms with Crippen molar-refractivity contribution in [2.24, 2.45) is 0 Å². The number of ether oxygens (including phenoxy) is 1. The normalized spacial score (nSPS) is 16.4. The Balaban J connectivity index is 1.78. The smallest absolute Gasteiger partial charge is 0.129 e. The summed E-state index contributed by atoms with van der Waals surface area (Å²) >= 11 is 12.6. The summed E-state index contributed by atoms with van der Waals surface area (Å²) in [7, 11) is 0. The summed E-state index contributed by atoms with van der Waals surface area (Å²) in [5, 5.41) is 2.28. The molecule has 0 fully saturated rings. The molecule has 3 aromatic carbocycles. The maximum atomic E-state index is 6.42. The van der Waals surface area contributed by atoms with E-state index >= 15 is 0 Å². The highest BCUT2D eigenvalue weighted by Crippen LogP contribution is 2.46. The van der Waals surface area contributed by atoms with Gasteiger partial charge in [-0.25, -0.2) is 0 Å². The first-order chi connectivity index (χ1) is 11.8. The zero-order valence-corrected chi connectivity index (χ0v) is 14.6. The molecule has 3 aromatic rings. The molecular weight excluding hydrogens is 341 g/mol. The molecule has 0 aliphatic carbocycles. The van der Waals surface area contributed by atoms with Crippen LogP contribution >= 0.6 is 23.4 Å². The molecule has 1 aliphatic heterocycles. The van der Waals surface area contributed by atoms with E-state index in [1.807, 2.05) is 36.4 Å². The Bertz CT molecular complexity index is 866. The van der Waals surface area contributed by atoms with Crippen LogP contribution in [0, 0.1) is 0 Å². The van der Waals surface area contributed by atoms with E-state index in [4.69, 9.17) is 28.1 Å². The Hall–Kier alpha value is -1.90. The first-order valence-electron chi connectivity index (χ1n) is 7.99. The van der Waals surface area contributed by atoms with Crippen molar-refractivity contribution in [3.05, 3.63) is 71.8 Å². The van der Waals surface area contributed by atoms with E-state index in [1.54, 1.807) is 4.42 Å². The Kier molecular flexibility index (Phi) is 4.26. The van der Waals surface area contributed by atoms with Gasteiger partial charge in [0.25, 0.3) is 0 Å². The van der Waals surface area contributed by atoms with E-state index in [0.29, 0.717) is 12.5 Å². The minimum absolute atomic E-state index is 0.243. The number of nitrogens with zero attached hydrogens (tertiary/aromatic N) is 1. The van der Waals surface area contributed by atoms with Crippen molar-refractivity contribution in [1.29, 1.82) is 0 Å². The zero-order valence-electron chi connectivity index (χ0n) is 13.1. The van der Waals surface area contributed by atoms with E-state index in [1.165, 1.54) is 10.9 Å². The average molecular weight is 358 g/mol. The van der Waals surface area contributed by atoms with E-state index in [9.17, 15) is 0 Å². The third-order valence-corrected chi connectivity index (χ3v) is 5.19. The number of hydrogen-bond donors (Lipinski definition) is 0. The van der Waals surface area contributed by atoms with Crippen LogP contribution in [-0.4, -0.2) is 12.4 Å². The van der Waals surface area contributed by atoms with E-state index in [0.717, 1.165) is 28.9 Å². The van der Waals surface area contributed by atoms with Crippen molar-refractivity contribution < 1.29 is 4.74 Å². The number of anilines is 1. The molecule has 0 radical (unpaired) electrons. The fraction of sp³-hybridized carbons (Fsp3) is 0.200. The van der Waals surface area contributed by atoms with Crippen LogP contribution in [0.1, 0.15) is 17.0 Å². The summed E-state index contributed by atoms with van der Waals surface area (Å²) in [4.78, 5) is 0. The van der Waals surface area contributed by atoms with E-state index in [2.05, 4.69) is 24.3 Å². The largest absolute Gasteiger partial charge is 0.488 e. The van der Waals surface area contributed by atoms with Gasteiger partial charge in [-0.2, -0.15) is 0 Å². The Labute approximate surface area is 151 Å². The number of fused-ring (bicyclic) bond motifs is 3. The lowest BCUT2D eigenvalue weighted by Crippen LogP contribution is -2.09. The van der Waals surface area contributed by atoms with Crippen molar-refractivity contribution in [3.8, 4) is 5.75 Å². The predicted molar refractivity (Wildman–Crippen MR) is 101 cm³/mol. The molecule has 24 heavy (non-hydrogen) atoms. The Morgan fingerprint density at radius 1 is 1.00 bits per heavy atom. The molecule has 0 unspecified atom stereocenters. The number of alkyl halides is 1. The molecule has 2 nitrogen and oxygen atoms in total. The molecule has 0 amide bonds. The van der Waals surface area contributed by atoms with Crippen molar-refractivity contribution in [3.63, 3.8) is 0 Å². The molecule has 0 spiro atoms. The molecule has 1 atom stereocenters. The summed E-state index contributed by atoms with van der Waals surface area (Å²) in [5.41, 5.74) is 3.37. The van der Waals surface area contributed by atoms with Gasteiger partial charge in [-0.3, -0.25) is 4.42 Å². The third-order valence-electron chi connectivity index (χ3n) is 4.50. The molecule has 0 saturated carbocycles. The molecule has 1 heterocycles. The first-order valence-corrected chi connectivity index (χ1v) is 8.87. The second-order valence-corrected chi connectivity index (χ2v) is 6.74. The van der Waals surface area contributed by atoms with Gasteiger partial charge in [0, 0.05) is 41.6 Å². The van der Waals surface area contributed by atoms with Gasteiger partial charge < -0.3 is 4.74 Å². The van der Waals surface area contributed by atoms with Gasteiger partial charge in [-0.1, -0.05) is 54.6 Å². The van der Waals surface area contributed by atoms with Crippen LogP contribution in [0.5, 0.6) is 5.75 Å². The van der Waals surface area contributed by atoms with Crippen LogP contribution < -0.4 is 9.16 Å². The van der Waals surface area contributed by atoms with E-state index in [-0.39, 0.29) is 5.92 Å². The monoisotopic (exact) mass is 357 g/mol. The minimum Gasteiger partial charge on any atom is -0.488 e. The molecule has 1 aliphatic rings. The lowest BCUT2D eigenvalue weighted by Gasteiger charge is -2.15. The predicted octanol–water partition coefficient (Wildman–Crippen LogP) is 5.72. The van der Waals surface area contributed by atoms with Gasteiger partial charge in [0.2, 0.25) is 0 Å². The molecule has 122 valence electrons. The molecule has 0 N–H and O–H groups in total. The lowest BCUT2D eigenvalue weighted by atomic mass is 9.95. The van der Waals surface area contributed by atoms with Gasteiger partial charge in [0.1, 0.15) is 12.4 Å². The lowest BCUT2D eigenvalue weighted by molar-refractivity contribution is 0.310. The van der Waals surface area contributed by atoms with Crippen molar-refractivity contribution in [2.45, 2.75) is 12.5 Å². The number of benzene rings is 3. The Morgan fingerprint density at radius 2 is 1.71 bits per heavy atom. The zero-order chi connectivity index (χ0) is 16.5. The standard InChI is InChI=1S/C20H17Cl2NO/c21-11-15-12-23(22)18-10-19(24-13-14-6-2-1-3-7-14)16-8-4-5-9-17(16)20(15)18/h1-10,15H,11-13H2/t15-/m1/s1. The van der Waals surface area contributed by atoms with Gasteiger partial charge in [0.15, 0.2) is 0 Å². The molecule has 0 aromatic heterocycles. The van der Waals surface area contributed by atoms with Crippen LogP contribution in [0.3, 0.4) is 0 Å². The number of rotatable bonds is 4. The average Bonchev–Trinajstić information content (AvgIpc) is 2.97. The molecule has 4 rings (SSSR count). The van der Waals surface area contributed by atoms with Gasteiger partial charge >= 0.3 is 0 Å². The summed E-state index contributed by atoms with van der Waals surface area (Å²) < 4.78 is 7.88. The number of halogens is 2. The van der Waals surface area contributed by atoms with Gasteiger partial charge in [-0.15, -0.1) is 11.6 Å². The number of hydrogen-bond acceptors (Lipinski definition) is 2. The Morgan fingerprint density at radius 3 is 2.46 bits per heavy atom. The van der Waals surface area contributed by atoms with E-state index < -0.39 is 0 Å². The fourth-order valence-electron chi connectivity index (χ4n) is 3.34. The van der Waals surface area contributed by atoms with Gasteiger partial charge in [0.05, 0.1) is 5.69 Å². The molecule has 0 bridgehead atoms. The second kappa shape index (κ2) is 6.54. The highest BCUT2D eigenvalue weighted by atomic mass is 35.5. The highest BCUT2D eigenvalue weighted by Gasteiger charge is 2.30. The van der Waals surface area contributed by atoms with Crippen molar-refractivity contribution in [2.75, 3.05) is 16.8 Å². The van der Waals surface area contributed by atoms with Crippen LogP contribution in [-0.2, 0) is 6.61 Å². The summed E-state index contributed by atoms with van der Waals surface area (Å²) in [6, 6.07) is 20.5. The first kappa shape index (κ1) is 15.6. The molecule has 0 saturated heterocycles. The van der Waals surface area contributed by atoms with Crippen molar-refractivity contribution >= 4 is 39.8 Å². The van der Waals surface area contributed by atoms with Crippen LogP contribution in [0.4, 0.5) is 5.69 Å². The molecule has 4 heteroatoms. The topological polar surface area (TPSA) is 12.5 Å². The maximum absolute atomic E-state index is 6.42. The summed E-state index contributed by atoms with van der Waals surface area (Å²) in [6.45, 7) is 1.26. The quantitative estimate of drug-likeness (QED) is 0.437. The van der Waals surface area contributed by atoms with Crippen LogP contribution in [0.15, 0.2) is 60.7 Å². The SMILES string of the molecule is ClC[C@@H]1CN(Cl)c2cc(OCc3ccccc3)c3ccccc3c21. The fourth-order valence-corrected chi connectivity index (χ4v) is 3.90. The van der Waals surface area contributed by atoms with Crippen molar-refractivity contribution in [1.82, 2.24) is 0 Å². The minimum atomic E-state index is 0.243. The third kappa shape index (κ3) is 2.70. The highest BCUT2D eigenvalue weighted by molar-refractivity contribution is 6.27. The van der Waals surface area contributed by atoms with Crippen LogP contribution in [0.25, 0.3) is 10.8 Å². The molecular formula is C20H17Cl2NO. The summed E-state index contributed by atoms with van der Waals surface area (Å²) in [5.74, 6) is 1.66. The maximum Gasteiger partial charge on any atom is 0.129 e. The summed E-state index contributed by atoms with van der Waals surface area (Å²) in [6.07, 6.45) is 0. The van der Waals surface area contributed by atoms with Crippen LogP contribution in [0.2, 0.25) is 0 Å². The second-order valence-electron chi connectivity index (χ2n) is 6.02. The van der Waals surface area contributed by atoms with Gasteiger partial charge in [-0.05, 0) is 16.5 Å².